The topological polar surface area (TPSA) is 43.1 Å². The predicted molar refractivity (Wildman–Crippen MR) is 53.9 cm³/mol. The van der Waals surface area contributed by atoms with Crippen LogP contribution < -0.4 is 5.73 Å². The Kier molecular flexibility index (Phi) is 3.46. The van der Waals surface area contributed by atoms with Crippen molar-refractivity contribution in [3.05, 3.63) is 34.9 Å². The molecule has 0 fully saturated rings. The molecule has 1 unspecified atom stereocenters. The molecular weight excluding hydrogens is 186 g/mol. The van der Waals surface area contributed by atoms with E-state index in [4.69, 9.17) is 17.3 Å². The average molecular weight is 198 g/mol. The first-order valence-corrected chi connectivity index (χ1v) is 4.49. The van der Waals surface area contributed by atoms with Gasteiger partial charge in [0, 0.05) is 11.6 Å². The minimum absolute atomic E-state index is 0.0878. The van der Waals surface area contributed by atoms with Crippen molar-refractivity contribution in [3.63, 3.8) is 0 Å². The summed E-state index contributed by atoms with van der Waals surface area (Å²) >= 11 is 5.72. The Bertz CT molecular complexity index is 294. The molecule has 3 heteroatoms. The number of halogens is 1. The molecule has 1 atom stereocenters. The molecule has 0 aromatic heterocycles. The van der Waals surface area contributed by atoms with Gasteiger partial charge >= 0.3 is 0 Å². The molecule has 13 heavy (non-hydrogen) atoms. The summed E-state index contributed by atoms with van der Waals surface area (Å²) in [7, 11) is 0. The highest BCUT2D eigenvalue weighted by Crippen LogP contribution is 2.18. The molecule has 0 aliphatic rings. The van der Waals surface area contributed by atoms with Crippen molar-refractivity contribution in [2.45, 2.75) is 12.8 Å². The lowest BCUT2D eigenvalue weighted by Gasteiger charge is -2.10. The third kappa shape index (κ3) is 2.54. The van der Waals surface area contributed by atoms with Crippen molar-refractivity contribution in [2.24, 2.45) is 5.73 Å². The number of carbonyl (C=O) groups is 1. The van der Waals surface area contributed by atoms with E-state index in [0.29, 0.717) is 11.6 Å². The zero-order valence-electron chi connectivity index (χ0n) is 7.46. The number of benzene rings is 1. The third-order valence-electron chi connectivity index (χ3n) is 2.00. The minimum Gasteiger partial charge on any atom is -0.329 e. The Balaban J connectivity index is 2.92. The van der Waals surface area contributed by atoms with Crippen LogP contribution in [0, 0.1) is 0 Å². The highest BCUT2D eigenvalue weighted by molar-refractivity contribution is 6.30. The highest BCUT2D eigenvalue weighted by atomic mass is 35.5. The molecule has 2 N–H and O–H groups in total. The summed E-state index contributed by atoms with van der Waals surface area (Å²) in [4.78, 5) is 11.1. The number of hydrogen-bond donors (Lipinski definition) is 1. The van der Waals surface area contributed by atoms with Gasteiger partial charge < -0.3 is 5.73 Å². The van der Waals surface area contributed by atoms with Crippen LogP contribution in [0.2, 0.25) is 5.02 Å². The maximum atomic E-state index is 11.1. The Morgan fingerprint density at radius 3 is 2.38 bits per heavy atom. The minimum atomic E-state index is -0.197. The second-order valence-electron chi connectivity index (χ2n) is 2.95. The number of ketones is 1. The first-order chi connectivity index (χ1) is 6.15. The molecule has 1 rings (SSSR count). The first kappa shape index (κ1) is 10.2. The SMILES string of the molecule is CC(=O)C(CN)c1ccc(Cl)cc1. The van der Waals surface area contributed by atoms with Crippen molar-refractivity contribution in [1.82, 2.24) is 0 Å². The number of hydrogen-bond acceptors (Lipinski definition) is 2. The third-order valence-corrected chi connectivity index (χ3v) is 2.25. The fourth-order valence-electron chi connectivity index (χ4n) is 1.23. The maximum Gasteiger partial charge on any atom is 0.138 e. The molecular formula is C10H12ClNO. The van der Waals surface area contributed by atoms with E-state index in [1.807, 2.05) is 12.1 Å². The van der Waals surface area contributed by atoms with Crippen LogP contribution in [-0.2, 0) is 4.79 Å². The lowest BCUT2D eigenvalue weighted by Crippen LogP contribution is -2.19. The van der Waals surface area contributed by atoms with Crippen molar-refractivity contribution >= 4 is 17.4 Å². The summed E-state index contributed by atoms with van der Waals surface area (Å²) in [6.07, 6.45) is 0. The van der Waals surface area contributed by atoms with Crippen LogP contribution in [0.5, 0.6) is 0 Å². The Morgan fingerprint density at radius 1 is 1.46 bits per heavy atom. The van der Waals surface area contributed by atoms with Crippen LogP contribution >= 0.6 is 11.6 Å². The molecule has 0 aliphatic carbocycles. The lowest BCUT2D eigenvalue weighted by molar-refractivity contribution is -0.118. The zero-order valence-corrected chi connectivity index (χ0v) is 8.21. The van der Waals surface area contributed by atoms with Gasteiger partial charge in [0.25, 0.3) is 0 Å². The predicted octanol–water partition coefficient (Wildman–Crippen LogP) is 1.97. The van der Waals surface area contributed by atoms with Gasteiger partial charge in [-0.3, -0.25) is 4.79 Å². The van der Waals surface area contributed by atoms with Crippen LogP contribution in [-0.4, -0.2) is 12.3 Å². The van der Waals surface area contributed by atoms with Crippen molar-refractivity contribution in [1.29, 1.82) is 0 Å². The number of rotatable bonds is 3. The van der Waals surface area contributed by atoms with Crippen LogP contribution in [0.15, 0.2) is 24.3 Å². The fraction of sp³-hybridized carbons (Fsp3) is 0.300. The summed E-state index contributed by atoms with van der Waals surface area (Å²) in [5.74, 6) is -0.109. The van der Waals surface area contributed by atoms with Gasteiger partial charge in [-0.2, -0.15) is 0 Å². The average Bonchev–Trinajstić information content (AvgIpc) is 2.09. The van der Waals surface area contributed by atoms with Crippen LogP contribution in [0.25, 0.3) is 0 Å². The van der Waals surface area contributed by atoms with E-state index in [9.17, 15) is 4.79 Å². The summed E-state index contributed by atoms with van der Waals surface area (Å²) in [5.41, 5.74) is 6.42. The summed E-state index contributed by atoms with van der Waals surface area (Å²) in [5, 5.41) is 0.670. The van der Waals surface area contributed by atoms with Crippen LogP contribution in [0.1, 0.15) is 18.4 Å². The first-order valence-electron chi connectivity index (χ1n) is 4.11. The molecule has 0 saturated heterocycles. The van der Waals surface area contributed by atoms with Crippen LogP contribution in [0.3, 0.4) is 0 Å². The van der Waals surface area contributed by atoms with E-state index in [2.05, 4.69) is 0 Å². The van der Waals surface area contributed by atoms with Gasteiger partial charge in [0.15, 0.2) is 0 Å². The van der Waals surface area contributed by atoms with Gasteiger partial charge in [-0.15, -0.1) is 0 Å². The largest absolute Gasteiger partial charge is 0.329 e. The molecule has 0 saturated carbocycles. The molecule has 1 aromatic carbocycles. The quantitative estimate of drug-likeness (QED) is 0.805. The van der Waals surface area contributed by atoms with E-state index < -0.39 is 0 Å². The molecule has 0 spiro atoms. The number of carbonyl (C=O) groups excluding carboxylic acids is 1. The van der Waals surface area contributed by atoms with Crippen LogP contribution in [0.4, 0.5) is 0 Å². The fourth-order valence-corrected chi connectivity index (χ4v) is 1.36. The van der Waals surface area contributed by atoms with E-state index in [-0.39, 0.29) is 11.7 Å². The number of Topliss-reactive ketones (excluding diaryl/α,β-unsaturated/α-hetero) is 1. The van der Waals surface area contributed by atoms with Gasteiger partial charge in [-0.25, -0.2) is 0 Å². The van der Waals surface area contributed by atoms with Gasteiger partial charge in [0.05, 0.1) is 5.92 Å². The Labute approximate surface area is 82.7 Å². The molecule has 0 radical (unpaired) electrons. The molecule has 0 bridgehead atoms. The van der Waals surface area contributed by atoms with E-state index in [0.717, 1.165) is 5.56 Å². The van der Waals surface area contributed by atoms with E-state index >= 15 is 0 Å². The lowest BCUT2D eigenvalue weighted by atomic mass is 9.96. The second-order valence-corrected chi connectivity index (χ2v) is 3.39. The monoisotopic (exact) mass is 197 g/mol. The molecule has 2 nitrogen and oxygen atoms in total. The molecule has 1 aromatic rings. The summed E-state index contributed by atoms with van der Waals surface area (Å²) < 4.78 is 0. The number of nitrogens with two attached hydrogens (primary N) is 1. The summed E-state index contributed by atoms with van der Waals surface area (Å²) in [6, 6.07) is 7.20. The molecule has 70 valence electrons. The van der Waals surface area contributed by atoms with Gasteiger partial charge in [0.2, 0.25) is 0 Å². The standard InChI is InChI=1S/C10H12ClNO/c1-7(13)10(6-12)8-2-4-9(11)5-3-8/h2-5,10H,6,12H2,1H3. The Hall–Kier alpha value is -0.860. The smallest absolute Gasteiger partial charge is 0.138 e. The molecule has 0 amide bonds. The Morgan fingerprint density at radius 2 is 2.00 bits per heavy atom. The maximum absolute atomic E-state index is 11.1. The second kappa shape index (κ2) is 4.40. The van der Waals surface area contributed by atoms with E-state index in [1.54, 1.807) is 19.1 Å². The van der Waals surface area contributed by atoms with Gasteiger partial charge in [-0.1, -0.05) is 23.7 Å². The molecule has 0 aliphatic heterocycles. The van der Waals surface area contributed by atoms with Crippen molar-refractivity contribution in [3.8, 4) is 0 Å². The van der Waals surface area contributed by atoms with Gasteiger partial charge in [-0.05, 0) is 24.6 Å². The van der Waals surface area contributed by atoms with Gasteiger partial charge in [0.1, 0.15) is 5.78 Å². The highest BCUT2D eigenvalue weighted by Gasteiger charge is 2.13. The van der Waals surface area contributed by atoms with Crippen molar-refractivity contribution < 1.29 is 4.79 Å². The normalized spacial score (nSPS) is 12.5. The zero-order chi connectivity index (χ0) is 9.84. The molecule has 0 heterocycles. The summed E-state index contributed by atoms with van der Waals surface area (Å²) in [6.45, 7) is 1.89. The van der Waals surface area contributed by atoms with Crippen molar-refractivity contribution in [2.75, 3.05) is 6.54 Å². The van der Waals surface area contributed by atoms with E-state index in [1.165, 1.54) is 0 Å².